The Kier molecular flexibility index (Phi) is 3.44. The lowest BCUT2D eigenvalue weighted by Crippen LogP contribution is -2.50. The average Bonchev–Trinajstić information content (AvgIpc) is 2.59. The van der Waals surface area contributed by atoms with Crippen molar-refractivity contribution in [3.8, 4) is 0 Å². The molecule has 1 aromatic rings. The van der Waals surface area contributed by atoms with Crippen molar-refractivity contribution in [1.82, 2.24) is 20.8 Å². The van der Waals surface area contributed by atoms with E-state index in [1.165, 1.54) is 0 Å². The molecule has 1 aliphatic rings. The van der Waals surface area contributed by atoms with Crippen LogP contribution in [0.25, 0.3) is 0 Å². The molecular formula is C11H18N4OS. The molecular weight excluding hydrogens is 236 g/mol. The molecule has 94 valence electrons. The van der Waals surface area contributed by atoms with E-state index in [-0.39, 0.29) is 17.2 Å². The third kappa shape index (κ3) is 3.01. The number of nitrogens with zero attached hydrogens (tertiary/aromatic N) is 2. The highest BCUT2D eigenvalue weighted by Crippen LogP contribution is 2.25. The van der Waals surface area contributed by atoms with Crippen LogP contribution in [0.15, 0.2) is 0 Å². The fourth-order valence-electron chi connectivity index (χ4n) is 1.41. The summed E-state index contributed by atoms with van der Waals surface area (Å²) in [6.45, 7) is 8.38. The lowest BCUT2D eigenvalue weighted by molar-refractivity contribution is -0.126. The van der Waals surface area contributed by atoms with Gasteiger partial charge in [-0.25, -0.2) is 0 Å². The zero-order chi connectivity index (χ0) is 12.5. The second-order valence-corrected chi connectivity index (χ2v) is 6.39. The van der Waals surface area contributed by atoms with E-state index in [1.54, 1.807) is 11.3 Å². The van der Waals surface area contributed by atoms with Crippen molar-refractivity contribution >= 4 is 17.2 Å². The topological polar surface area (TPSA) is 66.9 Å². The number of rotatable bonds is 3. The molecule has 1 aromatic heterocycles. The predicted molar refractivity (Wildman–Crippen MR) is 66.8 cm³/mol. The lowest BCUT2D eigenvalue weighted by Gasteiger charge is -2.25. The van der Waals surface area contributed by atoms with Gasteiger partial charge >= 0.3 is 0 Å². The average molecular weight is 254 g/mol. The molecule has 0 radical (unpaired) electrons. The molecule has 0 aromatic carbocycles. The van der Waals surface area contributed by atoms with E-state index in [1.807, 2.05) is 0 Å². The van der Waals surface area contributed by atoms with Crippen LogP contribution in [0.2, 0.25) is 0 Å². The normalized spacial score (nSPS) is 16.6. The Balaban J connectivity index is 1.86. The van der Waals surface area contributed by atoms with E-state index >= 15 is 0 Å². The number of nitrogens with one attached hydrogen (secondary N) is 2. The Hall–Kier alpha value is -1.01. The molecule has 0 spiro atoms. The van der Waals surface area contributed by atoms with Gasteiger partial charge in [-0.2, -0.15) is 0 Å². The summed E-state index contributed by atoms with van der Waals surface area (Å²) in [5.74, 6) is 0.237. The van der Waals surface area contributed by atoms with Crippen LogP contribution >= 0.6 is 11.3 Å². The highest BCUT2D eigenvalue weighted by molar-refractivity contribution is 7.11. The summed E-state index contributed by atoms with van der Waals surface area (Å²) in [5, 5.41) is 16.1. The highest BCUT2D eigenvalue weighted by atomic mass is 32.1. The van der Waals surface area contributed by atoms with Gasteiger partial charge in [0.2, 0.25) is 5.91 Å². The first-order valence-electron chi connectivity index (χ1n) is 5.78. The van der Waals surface area contributed by atoms with Gasteiger partial charge in [0.25, 0.3) is 0 Å². The van der Waals surface area contributed by atoms with Crippen LogP contribution in [0.3, 0.4) is 0 Å². The number of amides is 1. The number of carbonyl (C=O) groups excluding carboxylic acids is 1. The van der Waals surface area contributed by atoms with Gasteiger partial charge < -0.3 is 10.6 Å². The minimum atomic E-state index is 0.0256. The highest BCUT2D eigenvalue weighted by Gasteiger charge is 2.25. The Morgan fingerprint density at radius 3 is 2.65 bits per heavy atom. The van der Waals surface area contributed by atoms with Crippen molar-refractivity contribution in [2.45, 2.75) is 32.7 Å². The fourth-order valence-corrected chi connectivity index (χ4v) is 2.25. The zero-order valence-electron chi connectivity index (χ0n) is 10.4. The Morgan fingerprint density at radius 1 is 1.47 bits per heavy atom. The van der Waals surface area contributed by atoms with Crippen molar-refractivity contribution in [3.05, 3.63) is 10.0 Å². The van der Waals surface area contributed by atoms with E-state index in [4.69, 9.17) is 0 Å². The Bertz CT molecular complexity index is 406. The Morgan fingerprint density at radius 2 is 2.18 bits per heavy atom. The minimum absolute atomic E-state index is 0.0256. The van der Waals surface area contributed by atoms with Gasteiger partial charge in [-0.05, 0) is 0 Å². The molecule has 6 heteroatoms. The first-order chi connectivity index (χ1) is 7.97. The molecule has 2 rings (SSSR count). The van der Waals surface area contributed by atoms with E-state index in [0.717, 1.165) is 23.1 Å². The van der Waals surface area contributed by atoms with Crippen molar-refractivity contribution in [3.63, 3.8) is 0 Å². The number of hydrogen-bond acceptors (Lipinski definition) is 5. The largest absolute Gasteiger partial charge is 0.349 e. The molecule has 0 unspecified atom stereocenters. The second kappa shape index (κ2) is 4.70. The van der Waals surface area contributed by atoms with Crippen LogP contribution < -0.4 is 10.6 Å². The number of carbonyl (C=O) groups is 1. The SMILES string of the molecule is CC(C)(C)c1nnc(CNC(=O)C2CNC2)s1. The van der Waals surface area contributed by atoms with Gasteiger partial charge in [-0.15, -0.1) is 10.2 Å². The molecule has 1 amide bonds. The van der Waals surface area contributed by atoms with Crippen LogP contribution in [0, 0.1) is 5.92 Å². The minimum Gasteiger partial charge on any atom is -0.349 e. The Labute approximate surface area is 105 Å². The van der Waals surface area contributed by atoms with Gasteiger partial charge in [0.05, 0.1) is 12.5 Å². The molecule has 0 bridgehead atoms. The first-order valence-corrected chi connectivity index (χ1v) is 6.60. The standard InChI is InChI=1S/C11H18N4OS/c1-11(2,3)10-15-14-8(17-10)6-13-9(16)7-4-12-5-7/h7,12H,4-6H2,1-3H3,(H,13,16). The molecule has 0 atom stereocenters. The zero-order valence-corrected chi connectivity index (χ0v) is 11.2. The predicted octanol–water partition coefficient (Wildman–Crippen LogP) is 0.671. The lowest BCUT2D eigenvalue weighted by atomic mass is 9.98. The molecule has 2 N–H and O–H groups in total. The quantitative estimate of drug-likeness (QED) is 0.832. The molecule has 0 aliphatic carbocycles. The maximum atomic E-state index is 11.6. The van der Waals surface area contributed by atoms with Crippen molar-refractivity contribution < 1.29 is 4.79 Å². The summed E-state index contributed by atoms with van der Waals surface area (Å²) in [6.07, 6.45) is 0. The maximum Gasteiger partial charge on any atom is 0.226 e. The smallest absolute Gasteiger partial charge is 0.226 e. The summed E-state index contributed by atoms with van der Waals surface area (Å²) < 4.78 is 0. The van der Waals surface area contributed by atoms with Crippen LogP contribution in [0.4, 0.5) is 0 Å². The molecule has 1 saturated heterocycles. The second-order valence-electron chi connectivity index (χ2n) is 5.32. The molecule has 17 heavy (non-hydrogen) atoms. The van der Waals surface area contributed by atoms with E-state index < -0.39 is 0 Å². The third-order valence-electron chi connectivity index (χ3n) is 2.67. The maximum absolute atomic E-state index is 11.6. The summed E-state index contributed by atoms with van der Waals surface area (Å²) in [6, 6.07) is 0. The molecule has 5 nitrogen and oxygen atoms in total. The van der Waals surface area contributed by atoms with Gasteiger partial charge in [0.15, 0.2) is 0 Å². The van der Waals surface area contributed by atoms with Gasteiger partial charge in [0.1, 0.15) is 10.0 Å². The summed E-state index contributed by atoms with van der Waals surface area (Å²) in [7, 11) is 0. The van der Waals surface area contributed by atoms with Gasteiger partial charge in [0, 0.05) is 18.5 Å². The molecule has 0 saturated carbocycles. The summed E-state index contributed by atoms with van der Waals surface area (Å²) in [5.41, 5.74) is 0.0256. The van der Waals surface area contributed by atoms with E-state index in [0.29, 0.717) is 6.54 Å². The van der Waals surface area contributed by atoms with Crippen LogP contribution in [0.5, 0.6) is 0 Å². The summed E-state index contributed by atoms with van der Waals surface area (Å²) in [4.78, 5) is 11.6. The first kappa shape index (κ1) is 12.4. The molecule has 1 fully saturated rings. The molecule has 1 aliphatic heterocycles. The van der Waals surface area contributed by atoms with Crippen LogP contribution in [-0.4, -0.2) is 29.2 Å². The number of aromatic nitrogens is 2. The molecule has 2 heterocycles. The monoisotopic (exact) mass is 254 g/mol. The summed E-state index contributed by atoms with van der Waals surface area (Å²) >= 11 is 1.57. The van der Waals surface area contributed by atoms with Crippen LogP contribution in [-0.2, 0) is 16.8 Å². The van der Waals surface area contributed by atoms with Crippen molar-refractivity contribution in [2.24, 2.45) is 5.92 Å². The van der Waals surface area contributed by atoms with Crippen LogP contribution in [0.1, 0.15) is 30.8 Å². The van der Waals surface area contributed by atoms with Crippen molar-refractivity contribution in [1.29, 1.82) is 0 Å². The van der Waals surface area contributed by atoms with Gasteiger partial charge in [-0.3, -0.25) is 4.79 Å². The van der Waals surface area contributed by atoms with E-state index in [2.05, 4.69) is 41.6 Å². The van der Waals surface area contributed by atoms with E-state index in [9.17, 15) is 4.79 Å². The number of hydrogen-bond donors (Lipinski definition) is 2. The van der Waals surface area contributed by atoms with Crippen molar-refractivity contribution in [2.75, 3.05) is 13.1 Å². The third-order valence-corrected chi connectivity index (χ3v) is 4.02. The van der Waals surface area contributed by atoms with Gasteiger partial charge in [-0.1, -0.05) is 32.1 Å². The fraction of sp³-hybridized carbons (Fsp3) is 0.727.